The van der Waals surface area contributed by atoms with E-state index < -0.39 is 0 Å². The molecule has 19 heavy (non-hydrogen) atoms. The van der Waals surface area contributed by atoms with Gasteiger partial charge in [-0.3, -0.25) is 4.98 Å². The van der Waals surface area contributed by atoms with E-state index in [9.17, 15) is 0 Å². The van der Waals surface area contributed by atoms with Gasteiger partial charge in [-0.15, -0.1) is 0 Å². The molecule has 3 N–H and O–H groups in total. The minimum Gasteiger partial charge on any atom is -0.333 e. The average molecular weight is 270 g/mol. The zero-order valence-corrected chi connectivity index (χ0v) is 11.2. The number of hydrogen-bond donors (Lipinski definition) is 2. The molecule has 3 rings (SSSR count). The average Bonchev–Trinajstić information content (AvgIpc) is 2.88. The Morgan fingerprint density at radius 1 is 1.00 bits per heavy atom. The molecule has 1 aromatic carbocycles. The third-order valence-electron chi connectivity index (χ3n) is 2.80. The lowest BCUT2D eigenvalue weighted by molar-refractivity contribution is 0.963. The van der Waals surface area contributed by atoms with Gasteiger partial charge >= 0.3 is 0 Å². The van der Waals surface area contributed by atoms with Gasteiger partial charge in [0.05, 0.1) is 22.4 Å². The number of aromatic nitrogens is 3. The molecule has 0 fully saturated rings. The summed E-state index contributed by atoms with van der Waals surface area (Å²) in [5, 5.41) is 0.918. The van der Waals surface area contributed by atoms with Crippen molar-refractivity contribution in [3.8, 4) is 0 Å². The fraction of sp³-hybridized carbons (Fsp3) is 0.143. The largest absolute Gasteiger partial charge is 0.333 e. The van der Waals surface area contributed by atoms with E-state index in [1.807, 2.05) is 42.5 Å². The maximum Gasteiger partial charge on any atom is 0.166 e. The van der Waals surface area contributed by atoms with Crippen molar-refractivity contribution in [1.29, 1.82) is 0 Å². The van der Waals surface area contributed by atoms with Gasteiger partial charge in [0.15, 0.2) is 5.16 Å². The van der Waals surface area contributed by atoms with E-state index in [1.165, 1.54) is 0 Å². The Morgan fingerprint density at radius 3 is 2.68 bits per heavy atom. The van der Waals surface area contributed by atoms with Crippen molar-refractivity contribution in [2.24, 2.45) is 5.73 Å². The molecule has 2 heterocycles. The molecule has 0 aliphatic carbocycles. The SMILES string of the molecule is NCc1cccc(CSc2nc3ccccc3[nH]2)n1. The molecule has 4 nitrogen and oxygen atoms in total. The van der Waals surface area contributed by atoms with Gasteiger partial charge in [-0.05, 0) is 24.3 Å². The number of thioether (sulfide) groups is 1. The van der Waals surface area contributed by atoms with E-state index in [-0.39, 0.29) is 0 Å². The van der Waals surface area contributed by atoms with Gasteiger partial charge < -0.3 is 10.7 Å². The van der Waals surface area contributed by atoms with Crippen molar-refractivity contribution < 1.29 is 0 Å². The second-order valence-corrected chi connectivity index (χ2v) is 5.14. The molecule has 96 valence electrons. The maximum atomic E-state index is 5.59. The maximum absolute atomic E-state index is 5.59. The Hall–Kier alpha value is -1.85. The first kappa shape index (κ1) is 12.2. The quantitative estimate of drug-likeness (QED) is 0.715. The molecule has 2 aromatic heterocycles. The van der Waals surface area contributed by atoms with E-state index in [2.05, 4.69) is 15.0 Å². The molecule has 0 unspecified atom stereocenters. The van der Waals surface area contributed by atoms with Crippen LogP contribution in [-0.4, -0.2) is 15.0 Å². The zero-order valence-electron chi connectivity index (χ0n) is 10.3. The summed E-state index contributed by atoms with van der Waals surface area (Å²) >= 11 is 1.65. The molecule has 0 saturated heterocycles. The fourth-order valence-corrected chi connectivity index (χ4v) is 2.65. The highest BCUT2D eigenvalue weighted by Crippen LogP contribution is 2.22. The van der Waals surface area contributed by atoms with Gasteiger partial charge in [0, 0.05) is 12.3 Å². The Morgan fingerprint density at radius 2 is 1.84 bits per heavy atom. The number of hydrogen-bond acceptors (Lipinski definition) is 4. The predicted molar refractivity (Wildman–Crippen MR) is 77.8 cm³/mol. The van der Waals surface area contributed by atoms with E-state index >= 15 is 0 Å². The van der Waals surface area contributed by atoms with Crippen molar-refractivity contribution in [3.63, 3.8) is 0 Å². The second-order valence-electron chi connectivity index (χ2n) is 4.17. The monoisotopic (exact) mass is 270 g/mol. The topological polar surface area (TPSA) is 67.6 Å². The van der Waals surface area contributed by atoms with Crippen LogP contribution in [0.2, 0.25) is 0 Å². The number of nitrogens with two attached hydrogens (primary N) is 1. The Labute approximate surface area is 115 Å². The number of benzene rings is 1. The minimum atomic E-state index is 0.475. The van der Waals surface area contributed by atoms with E-state index in [0.29, 0.717) is 6.54 Å². The summed E-state index contributed by atoms with van der Waals surface area (Å²) in [4.78, 5) is 12.3. The fourth-order valence-electron chi connectivity index (χ4n) is 1.86. The molecule has 0 bridgehead atoms. The molecule has 5 heteroatoms. The molecule has 0 amide bonds. The van der Waals surface area contributed by atoms with Gasteiger partial charge in [0.1, 0.15) is 0 Å². The minimum absolute atomic E-state index is 0.475. The third-order valence-corrected chi connectivity index (χ3v) is 3.70. The molecular formula is C14H14N4S. The number of imidazole rings is 1. The van der Waals surface area contributed by atoms with Crippen LogP contribution in [-0.2, 0) is 12.3 Å². The first-order chi connectivity index (χ1) is 9.35. The summed E-state index contributed by atoms with van der Waals surface area (Å²) in [6, 6.07) is 14.0. The number of nitrogens with zero attached hydrogens (tertiary/aromatic N) is 2. The summed E-state index contributed by atoms with van der Waals surface area (Å²) in [5.41, 5.74) is 9.59. The van der Waals surface area contributed by atoms with E-state index in [4.69, 9.17) is 5.73 Å². The molecule has 0 aliphatic heterocycles. The molecule has 3 aromatic rings. The second kappa shape index (κ2) is 5.42. The first-order valence-electron chi connectivity index (χ1n) is 6.07. The molecule has 0 radical (unpaired) electrons. The zero-order chi connectivity index (χ0) is 13.1. The van der Waals surface area contributed by atoms with Crippen molar-refractivity contribution in [2.45, 2.75) is 17.5 Å². The van der Waals surface area contributed by atoms with E-state index in [1.54, 1.807) is 11.8 Å². The summed E-state index contributed by atoms with van der Waals surface area (Å²) in [5.74, 6) is 0.785. The highest BCUT2D eigenvalue weighted by Gasteiger charge is 2.04. The number of pyridine rings is 1. The van der Waals surface area contributed by atoms with E-state index in [0.717, 1.165) is 33.3 Å². The number of para-hydroxylation sites is 2. The summed E-state index contributed by atoms with van der Waals surface area (Å²) < 4.78 is 0. The highest BCUT2D eigenvalue weighted by molar-refractivity contribution is 7.98. The van der Waals surface area contributed by atoms with Crippen LogP contribution < -0.4 is 5.73 Å². The third kappa shape index (κ3) is 2.77. The Kier molecular flexibility index (Phi) is 3.48. The molecule has 0 spiro atoms. The first-order valence-corrected chi connectivity index (χ1v) is 7.06. The van der Waals surface area contributed by atoms with Crippen LogP contribution in [0.15, 0.2) is 47.6 Å². The molecular weight excluding hydrogens is 256 g/mol. The van der Waals surface area contributed by atoms with Crippen LogP contribution in [0.4, 0.5) is 0 Å². The number of rotatable bonds is 4. The lowest BCUT2D eigenvalue weighted by atomic mass is 10.3. The normalized spacial score (nSPS) is 11.0. The highest BCUT2D eigenvalue weighted by atomic mass is 32.2. The van der Waals surface area contributed by atoms with Gasteiger partial charge in [0.25, 0.3) is 0 Å². The lowest BCUT2D eigenvalue weighted by Crippen LogP contribution is -2.00. The standard InChI is InChI=1S/C14H14N4S/c15-8-10-4-3-5-11(16-10)9-19-14-17-12-6-1-2-7-13(12)18-14/h1-7H,8-9,15H2,(H,17,18). The predicted octanol–water partition coefficient (Wildman–Crippen LogP) is 2.71. The number of nitrogens with one attached hydrogen (secondary N) is 1. The smallest absolute Gasteiger partial charge is 0.166 e. The van der Waals surface area contributed by atoms with Crippen LogP contribution >= 0.6 is 11.8 Å². The van der Waals surface area contributed by atoms with Gasteiger partial charge in [-0.2, -0.15) is 0 Å². The summed E-state index contributed by atoms with van der Waals surface area (Å²) in [6.07, 6.45) is 0. The van der Waals surface area contributed by atoms with Crippen molar-refractivity contribution in [3.05, 3.63) is 53.9 Å². The molecule has 0 aliphatic rings. The number of H-pyrrole nitrogens is 1. The van der Waals surface area contributed by atoms with Crippen LogP contribution in [0.5, 0.6) is 0 Å². The number of aromatic amines is 1. The Bertz CT molecular complexity index is 659. The van der Waals surface area contributed by atoms with Gasteiger partial charge in [0.2, 0.25) is 0 Å². The van der Waals surface area contributed by atoms with Crippen LogP contribution in [0.1, 0.15) is 11.4 Å². The Balaban J connectivity index is 1.74. The molecule has 0 atom stereocenters. The van der Waals surface area contributed by atoms with Crippen LogP contribution in [0, 0.1) is 0 Å². The van der Waals surface area contributed by atoms with Crippen LogP contribution in [0.25, 0.3) is 11.0 Å². The summed E-state index contributed by atoms with van der Waals surface area (Å²) in [7, 11) is 0. The van der Waals surface area contributed by atoms with Crippen molar-refractivity contribution in [2.75, 3.05) is 0 Å². The van der Waals surface area contributed by atoms with Crippen molar-refractivity contribution >= 4 is 22.8 Å². The number of fused-ring (bicyclic) bond motifs is 1. The van der Waals surface area contributed by atoms with Crippen molar-refractivity contribution in [1.82, 2.24) is 15.0 Å². The van der Waals surface area contributed by atoms with Crippen LogP contribution in [0.3, 0.4) is 0 Å². The lowest BCUT2D eigenvalue weighted by Gasteiger charge is -2.01. The van der Waals surface area contributed by atoms with Gasteiger partial charge in [-0.25, -0.2) is 4.98 Å². The summed E-state index contributed by atoms with van der Waals surface area (Å²) in [6.45, 7) is 0.475. The van der Waals surface area contributed by atoms with Gasteiger partial charge in [-0.1, -0.05) is 30.0 Å². The molecule has 0 saturated carbocycles.